The van der Waals surface area contributed by atoms with Crippen molar-refractivity contribution in [1.82, 2.24) is 4.90 Å². The number of aryl methyl sites for hydroxylation is 1. The van der Waals surface area contributed by atoms with E-state index in [1.54, 1.807) is 7.11 Å². The van der Waals surface area contributed by atoms with Gasteiger partial charge in [0.05, 0.1) is 18.4 Å². The van der Waals surface area contributed by atoms with E-state index in [4.69, 9.17) is 4.74 Å². The van der Waals surface area contributed by atoms with Crippen LogP contribution in [0.3, 0.4) is 0 Å². The van der Waals surface area contributed by atoms with E-state index in [2.05, 4.69) is 5.32 Å². The Bertz CT molecular complexity index is 823. The van der Waals surface area contributed by atoms with Gasteiger partial charge in [-0.3, -0.25) is 0 Å². The van der Waals surface area contributed by atoms with Crippen LogP contribution >= 0.6 is 0 Å². The van der Waals surface area contributed by atoms with Crippen LogP contribution in [0.25, 0.3) is 0 Å². The maximum atomic E-state index is 12.8. The summed E-state index contributed by atoms with van der Waals surface area (Å²) in [5, 5.41) is 14.1. The number of amides is 2. The van der Waals surface area contributed by atoms with E-state index >= 15 is 0 Å². The van der Waals surface area contributed by atoms with E-state index in [1.165, 1.54) is 0 Å². The highest BCUT2D eigenvalue weighted by Crippen LogP contribution is 2.49. The quantitative estimate of drug-likeness (QED) is 0.869. The zero-order valence-electron chi connectivity index (χ0n) is 15.8. The SMILES string of the molecule is COc1ccc(C)cc1NC(=O)N1C[C@@H]2CC(O)(c3ccccc3)C[C@@H]2C1. The number of nitrogens with zero attached hydrogens (tertiary/aromatic N) is 1. The summed E-state index contributed by atoms with van der Waals surface area (Å²) >= 11 is 0. The fraction of sp³-hybridized carbons (Fsp3) is 0.409. The van der Waals surface area contributed by atoms with Crippen LogP contribution in [0.2, 0.25) is 0 Å². The molecule has 3 atom stereocenters. The van der Waals surface area contributed by atoms with E-state index in [9.17, 15) is 9.90 Å². The number of hydrogen-bond donors (Lipinski definition) is 2. The number of likely N-dealkylation sites (tertiary alicyclic amines) is 1. The zero-order valence-corrected chi connectivity index (χ0v) is 15.8. The standard InChI is InChI=1S/C22H26N2O3/c1-15-8-9-20(27-2)19(10-15)23-21(25)24-13-16-11-22(26,12-17(16)14-24)18-6-4-3-5-7-18/h3-10,16-17,26H,11-14H2,1-2H3,(H,23,25)/t16-,17+,22?. The van der Waals surface area contributed by atoms with Crippen molar-refractivity contribution < 1.29 is 14.6 Å². The number of nitrogens with one attached hydrogen (secondary N) is 1. The number of ether oxygens (including phenoxy) is 1. The Morgan fingerprint density at radius 1 is 1.15 bits per heavy atom. The molecular weight excluding hydrogens is 340 g/mol. The largest absolute Gasteiger partial charge is 0.495 e. The van der Waals surface area contributed by atoms with Crippen molar-refractivity contribution >= 4 is 11.7 Å². The molecule has 0 aromatic heterocycles. The lowest BCUT2D eigenvalue weighted by atomic mass is 9.90. The minimum Gasteiger partial charge on any atom is -0.495 e. The molecule has 1 saturated carbocycles. The number of methoxy groups -OCH3 is 1. The van der Waals surface area contributed by atoms with Gasteiger partial charge in [0.25, 0.3) is 0 Å². The lowest BCUT2D eigenvalue weighted by Gasteiger charge is -2.26. The molecule has 1 saturated heterocycles. The summed E-state index contributed by atoms with van der Waals surface area (Å²) in [5.74, 6) is 1.33. The molecule has 2 aromatic carbocycles. The third-order valence-corrected chi connectivity index (χ3v) is 5.97. The predicted octanol–water partition coefficient (Wildman–Crippen LogP) is 3.77. The zero-order chi connectivity index (χ0) is 19.0. The molecule has 2 amide bonds. The number of carbonyl (C=O) groups excluding carboxylic acids is 1. The maximum Gasteiger partial charge on any atom is 0.321 e. The summed E-state index contributed by atoms with van der Waals surface area (Å²) in [4.78, 5) is 14.6. The molecule has 5 heteroatoms. The van der Waals surface area contributed by atoms with E-state index < -0.39 is 5.60 Å². The predicted molar refractivity (Wildman–Crippen MR) is 105 cm³/mol. The summed E-state index contributed by atoms with van der Waals surface area (Å²) in [6, 6.07) is 15.5. The Kier molecular flexibility index (Phi) is 4.56. The van der Waals surface area contributed by atoms with Gasteiger partial charge in [-0.1, -0.05) is 36.4 Å². The van der Waals surface area contributed by atoms with Crippen LogP contribution in [0.5, 0.6) is 5.75 Å². The van der Waals surface area contributed by atoms with E-state index in [0.717, 1.165) is 11.1 Å². The van der Waals surface area contributed by atoms with Gasteiger partial charge >= 0.3 is 6.03 Å². The first-order valence-electron chi connectivity index (χ1n) is 9.47. The van der Waals surface area contributed by atoms with Crippen LogP contribution in [-0.4, -0.2) is 36.2 Å². The second-order valence-corrected chi connectivity index (χ2v) is 7.86. The molecule has 4 rings (SSSR count). The Hall–Kier alpha value is -2.53. The van der Waals surface area contributed by atoms with E-state index in [1.807, 2.05) is 60.4 Å². The van der Waals surface area contributed by atoms with Crippen LogP contribution in [-0.2, 0) is 5.60 Å². The van der Waals surface area contributed by atoms with Crippen molar-refractivity contribution in [1.29, 1.82) is 0 Å². The van der Waals surface area contributed by atoms with E-state index in [0.29, 0.717) is 49.2 Å². The van der Waals surface area contributed by atoms with Gasteiger partial charge in [0.2, 0.25) is 0 Å². The molecule has 2 aromatic rings. The summed E-state index contributed by atoms with van der Waals surface area (Å²) in [6.45, 7) is 3.35. The Morgan fingerprint density at radius 3 is 2.44 bits per heavy atom. The van der Waals surface area contributed by atoms with Crippen molar-refractivity contribution in [2.24, 2.45) is 11.8 Å². The van der Waals surface area contributed by atoms with Crippen molar-refractivity contribution in [3.05, 3.63) is 59.7 Å². The Labute approximate surface area is 160 Å². The number of fused-ring (bicyclic) bond motifs is 1. The van der Waals surface area contributed by atoms with Gasteiger partial charge in [0, 0.05) is 13.1 Å². The molecule has 1 aliphatic heterocycles. The van der Waals surface area contributed by atoms with Gasteiger partial charge in [-0.15, -0.1) is 0 Å². The van der Waals surface area contributed by atoms with Crippen LogP contribution in [0.4, 0.5) is 10.5 Å². The molecule has 1 heterocycles. The number of urea groups is 1. The fourth-order valence-electron chi connectivity index (χ4n) is 4.62. The van der Waals surface area contributed by atoms with Gasteiger partial charge in [-0.05, 0) is 54.9 Å². The van der Waals surface area contributed by atoms with Gasteiger partial charge in [0.15, 0.2) is 0 Å². The van der Waals surface area contributed by atoms with Gasteiger partial charge in [-0.2, -0.15) is 0 Å². The molecule has 142 valence electrons. The lowest BCUT2D eigenvalue weighted by Crippen LogP contribution is -2.35. The van der Waals surface area contributed by atoms with E-state index in [-0.39, 0.29) is 6.03 Å². The van der Waals surface area contributed by atoms with Gasteiger partial charge < -0.3 is 20.1 Å². The van der Waals surface area contributed by atoms with Crippen LogP contribution in [0.1, 0.15) is 24.0 Å². The molecular formula is C22H26N2O3. The van der Waals surface area contributed by atoms with Crippen molar-refractivity contribution in [2.45, 2.75) is 25.4 Å². The molecule has 0 bridgehead atoms. The third-order valence-electron chi connectivity index (χ3n) is 5.97. The summed E-state index contributed by atoms with van der Waals surface area (Å²) in [5.41, 5.74) is 1.98. The Balaban J connectivity index is 1.42. The highest BCUT2D eigenvalue weighted by Gasteiger charge is 2.49. The normalized spacial score (nSPS) is 26.7. The molecule has 2 aliphatic rings. The third kappa shape index (κ3) is 3.39. The Morgan fingerprint density at radius 2 is 1.81 bits per heavy atom. The number of carbonyl (C=O) groups is 1. The average Bonchev–Trinajstić information content (AvgIpc) is 3.18. The highest BCUT2D eigenvalue weighted by molar-refractivity contribution is 5.91. The number of rotatable bonds is 3. The minimum absolute atomic E-state index is 0.100. The average molecular weight is 366 g/mol. The minimum atomic E-state index is -0.765. The molecule has 1 unspecified atom stereocenters. The first-order chi connectivity index (χ1) is 13.0. The molecule has 0 radical (unpaired) electrons. The van der Waals surface area contributed by atoms with Crippen molar-refractivity contribution in [3.8, 4) is 5.75 Å². The fourth-order valence-corrected chi connectivity index (χ4v) is 4.62. The number of hydrogen-bond acceptors (Lipinski definition) is 3. The molecule has 5 nitrogen and oxygen atoms in total. The van der Waals surface area contributed by atoms with Gasteiger partial charge in [-0.25, -0.2) is 4.79 Å². The van der Waals surface area contributed by atoms with Crippen molar-refractivity contribution in [2.75, 3.05) is 25.5 Å². The lowest BCUT2D eigenvalue weighted by molar-refractivity contribution is 0.0328. The topological polar surface area (TPSA) is 61.8 Å². The van der Waals surface area contributed by atoms with Crippen LogP contribution in [0.15, 0.2) is 48.5 Å². The first kappa shape index (κ1) is 17.9. The number of anilines is 1. The maximum absolute atomic E-state index is 12.8. The molecule has 1 aliphatic carbocycles. The summed E-state index contributed by atoms with van der Waals surface area (Å²) in [6.07, 6.45) is 1.42. The summed E-state index contributed by atoms with van der Waals surface area (Å²) < 4.78 is 5.35. The highest BCUT2D eigenvalue weighted by atomic mass is 16.5. The smallest absolute Gasteiger partial charge is 0.321 e. The van der Waals surface area contributed by atoms with Crippen LogP contribution in [0, 0.1) is 18.8 Å². The van der Waals surface area contributed by atoms with Crippen LogP contribution < -0.4 is 10.1 Å². The second kappa shape index (κ2) is 6.89. The molecule has 27 heavy (non-hydrogen) atoms. The number of benzene rings is 2. The second-order valence-electron chi connectivity index (χ2n) is 7.86. The molecule has 2 N–H and O–H groups in total. The first-order valence-corrected chi connectivity index (χ1v) is 9.47. The van der Waals surface area contributed by atoms with Crippen molar-refractivity contribution in [3.63, 3.8) is 0 Å². The summed E-state index contributed by atoms with van der Waals surface area (Å²) in [7, 11) is 1.60. The van der Waals surface area contributed by atoms with Gasteiger partial charge in [0.1, 0.15) is 5.75 Å². The molecule has 0 spiro atoms. The monoisotopic (exact) mass is 366 g/mol. The number of aliphatic hydroxyl groups is 1. The molecule has 2 fully saturated rings.